The predicted octanol–water partition coefficient (Wildman–Crippen LogP) is 2.44. The molecule has 0 unspecified atom stereocenters. The Labute approximate surface area is 125 Å². The van der Waals surface area contributed by atoms with E-state index in [4.69, 9.17) is 5.73 Å². The first kappa shape index (κ1) is 15.2. The predicted molar refractivity (Wildman–Crippen MR) is 84.4 cm³/mol. The Morgan fingerprint density at radius 3 is 2.57 bits per heavy atom. The summed E-state index contributed by atoms with van der Waals surface area (Å²) < 4.78 is 0. The highest BCUT2D eigenvalue weighted by Gasteiger charge is 2.16. The van der Waals surface area contributed by atoms with E-state index in [0.717, 1.165) is 16.7 Å². The van der Waals surface area contributed by atoms with Crippen molar-refractivity contribution >= 4 is 5.91 Å². The molecule has 1 atom stereocenters. The van der Waals surface area contributed by atoms with Gasteiger partial charge in [-0.2, -0.15) is 0 Å². The largest absolute Gasteiger partial charge is 0.337 e. The third-order valence-electron chi connectivity index (χ3n) is 3.40. The van der Waals surface area contributed by atoms with E-state index in [1.807, 2.05) is 31.2 Å². The van der Waals surface area contributed by atoms with Crippen molar-refractivity contribution in [3.8, 4) is 11.1 Å². The Hall–Kier alpha value is -2.20. The summed E-state index contributed by atoms with van der Waals surface area (Å²) in [6.07, 6.45) is 3.56. The summed E-state index contributed by atoms with van der Waals surface area (Å²) in [7, 11) is 0. The Balaban J connectivity index is 2.20. The molecule has 4 nitrogen and oxygen atoms in total. The van der Waals surface area contributed by atoms with Crippen LogP contribution in [0.3, 0.4) is 0 Å². The van der Waals surface area contributed by atoms with Crippen molar-refractivity contribution in [3.05, 3.63) is 54.4 Å². The number of carbonyl (C=O) groups excluding carboxylic acids is 1. The molecule has 21 heavy (non-hydrogen) atoms. The van der Waals surface area contributed by atoms with Gasteiger partial charge in [0.05, 0.1) is 6.04 Å². The SMILES string of the molecule is CCN(Cc1cccc(-c2ccncc2)c1)C(=O)[C@@H](C)N. The average Bonchev–Trinajstić information content (AvgIpc) is 2.53. The average molecular weight is 283 g/mol. The molecule has 0 fully saturated rings. The number of rotatable bonds is 5. The number of carbonyl (C=O) groups is 1. The molecule has 110 valence electrons. The molecule has 2 N–H and O–H groups in total. The standard InChI is InChI=1S/C17H21N3O/c1-3-20(17(21)13(2)18)12-14-5-4-6-16(11-14)15-7-9-19-10-8-15/h4-11,13H,3,12,18H2,1-2H3/t13-/m1/s1. The van der Waals surface area contributed by atoms with Crippen LogP contribution in [0.2, 0.25) is 0 Å². The zero-order valence-electron chi connectivity index (χ0n) is 12.5. The van der Waals surface area contributed by atoms with Gasteiger partial charge in [0.25, 0.3) is 0 Å². The van der Waals surface area contributed by atoms with E-state index in [2.05, 4.69) is 17.1 Å². The first-order valence-corrected chi connectivity index (χ1v) is 7.15. The maximum atomic E-state index is 12.0. The number of nitrogens with zero attached hydrogens (tertiary/aromatic N) is 2. The fourth-order valence-electron chi connectivity index (χ4n) is 2.25. The van der Waals surface area contributed by atoms with Gasteiger partial charge in [-0.25, -0.2) is 0 Å². The van der Waals surface area contributed by atoms with E-state index >= 15 is 0 Å². The minimum absolute atomic E-state index is 0.0215. The lowest BCUT2D eigenvalue weighted by Gasteiger charge is -2.23. The van der Waals surface area contributed by atoms with E-state index in [0.29, 0.717) is 13.1 Å². The molecule has 2 aromatic rings. The van der Waals surface area contributed by atoms with Gasteiger partial charge < -0.3 is 10.6 Å². The molecule has 1 heterocycles. The molecule has 0 aliphatic rings. The molecule has 4 heteroatoms. The molecule has 0 aliphatic heterocycles. The number of amides is 1. The summed E-state index contributed by atoms with van der Waals surface area (Å²) in [5.41, 5.74) is 9.03. The molecule has 1 aromatic heterocycles. The van der Waals surface area contributed by atoms with E-state index in [1.54, 1.807) is 24.2 Å². The summed E-state index contributed by atoms with van der Waals surface area (Å²) in [5.74, 6) is -0.0215. The van der Waals surface area contributed by atoms with Crippen LogP contribution >= 0.6 is 0 Å². The summed E-state index contributed by atoms with van der Waals surface area (Å²) >= 11 is 0. The van der Waals surface area contributed by atoms with E-state index < -0.39 is 6.04 Å². The fraction of sp³-hybridized carbons (Fsp3) is 0.294. The molecule has 0 aliphatic carbocycles. The number of nitrogens with two attached hydrogens (primary N) is 1. The smallest absolute Gasteiger partial charge is 0.239 e. The maximum absolute atomic E-state index is 12.0. The second kappa shape index (κ2) is 6.99. The molecule has 1 aromatic carbocycles. The van der Waals surface area contributed by atoms with Gasteiger partial charge in [0.1, 0.15) is 0 Å². The van der Waals surface area contributed by atoms with Gasteiger partial charge in [-0.15, -0.1) is 0 Å². The lowest BCUT2D eigenvalue weighted by atomic mass is 10.0. The van der Waals surface area contributed by atoms with Crippen molar-refractivity contribution in [1.29, 1.82) is 0 Å². The van der Waals surface area contributed by atoms with Crippen LogP contribution in [0.5, 0.6) is 0 Å². The van der Waals surface area contributed by atoms with Crippen LogP contribution in [0.15, 0.2) is 48.8 Å². The lowest BCUT2D eigenvalue weighted by molar-refractivity contribution is -0.132. The molecule has 0 saturated heterocycles. The van der Waals surface area contributed by atoms with Crippen molar-refractivity contribution in [2.75, 3.05) is 6.54 Å². The van der Waals surface area contributed by atoms with Gasteiger partial charge in [0.2, 0.25) is 5.91 Å². The van der Waals surface area contributed by atoms with Crippen molar-refractivity contribution in [3.63, 3.8) is 0 Å². The summed E-state index contributed by atoms with van der Waals surface area (Å²) in [6, 6.07) is 11.7. The molecule has 0 radical (unpaired) electrons. The van der Waals surface area contributed by atoms with Crippen molar-refractivity contribution in [2.45, 2.75) is 26.4 Å². The zero-order valence-corrected chi connectivity index (χ0v) is 12.5. The molecule has 0 spiro atoms. The molecule has 2 rings (SSSR count). The van der Waals surface area contributed by atoms with Crippen LogP contribution in [0.4, 0.5) is 0 Å². The zero-order chi connectivity index (χ0) is 15.2. The fourth-order valence-corrected chi connectivity index (χ4v) is 2.25. The van der Waals surface area contributed by atoms with E-state index in [-0.39, 0.29) is 5.91 Å². The highest BCUT2D eigenvalue weighted by Crippen LogP contribution is 2.20. The monoisotopic (exact) mass is 283 g/mol. The number of aromatic nitrogens is 1. The van der Waals surface area contributed by atoms with Gasteiger partial charge in [-0.05, 0) is 48.7 Å². The number of benzene rings is 1. The van der Waals surface area contributed by atoms with Crippen LogP contribution in [0.25, 0.3) is 11.1 Å². The lowest BCUT2D eigenvalue weighted by Crippen LogP contribution is -2.41. The molecular weight excluding hydrogens is 262 g/mol. The second-order valence-corrected chi connectivity index (χ2v) is 5.08. The Morgan fingerprint density at radius 1 is 1.24 bits per heavy atom. The Bertz CT molecular complexity index is 596. The van der Waals surface area contributed by atoms with Crippen molar-refractivity contribution in [1.82, 2.24) is 9.88 Å². The maximum Gasteiger partial charge on any atom is 0.239 e. The number of hydrogen-bond acceptors (Lipinski definition) is 3. The molecular formula is C17H21N3O. The normalized spacial score (nSPS) is 12.0. The van der Waals surface area contributed by atoms with Crippen LogP contribution in [-0.2, 0) is 11.3 Å². The quantitative estimate of drug-likeness (QED) is 0.917. The first-order chi connectivity index (χ1) is 10.1. The van der Waals surface area contributed by atoms with Crippen LogP contribution in [0.1, 0.15) is 19.4 Å². The minimum Gasteiger partial charge on any atom is -0.337 e. The minimum atomic E-state index is -0.465. The van der Waals surface area contributed by atoms with Crippen LogP contribution in [0, 0.1) is 0 Å². The summed E-state index contributed by atoms with van der Waals surface area (Å²) in [6.45, 7) is 4.92. The summed E-state index contributed by atoms with van der Waals surface area (Å²) in [5, 5.41) is 0. The van der Waals surface area contributed by atoms with Gasteiger partial charge in [-0.3, -0.25) is 9.78 Å². The Kier molecular flexibility index (Phi) is 5.06. The third-order valence-corrected chi connectivity index (χ3v) is 3.40. The van der Waals surface area contributed by atoms with Crippen LogP contribution < -0.4 is 5.73 Å². The van der Waals surface area contributed by atoms with Gasteiger partial charge in [-0.1, -0.05) is 18.2 Å². The third kappa shape index (κ3) is 3.89. The van der Waals surface area contributed by atoms with Crippen molar-refractivity contribution in [2.24, 2.45) is 5.73 Å². The van der Waals surface area contributed by atoms with E-state index in [9.17, 15) is 4.79 Å². The van der Waals surface area contributed by atoms with Gasteiger partial charge in [0, 0.05) is 25.5 Å². The second-order valence-electron chi connectivity index (χ2n) is 5.08. The van der Waals surface area contributed by atoms with Crippen LogP contribution in [-0.4, -0.2) is 28.4 Å². The number of pyridine rings is 1. The van der Waals surface area contributed by atoms with Gasteiger partial charge in [0.15, 0.2) is 0 Å². The molecule has 0 bridgehead atoms. The molecule has 0 saturated carbocycles. The number of hydrogen-bond donors (Lipinski definition) is 1. The van der Waals surface area contributed by atoms with Gasteiger partial charge >= 0.3 is 0 Å². The highest BCUT2D eigenvalue weighted by molar-refractivity contribution is 5.81. The molecule has 1 amide bonds. The van der Waals surface area contributed by atoms with Crippen molar-refractivity contribution < 1.29 is 4.79 Å². The van der Waals surface area contributed by atoms with E-state index in [1.165, 1.54) is 0 Å². The Morgan fingerprint density at radius 2 is 1.95 bits per heavy atom. The highest BCUT2D eigenvalue weighted by atomic mass is 16.2. The topological polar surface area (TPSA) is 59.2 Å². The number of likely N-dealkylation sites (N-methyl/N-ethyl adjacent to an activating group) is 1. The first-order valence-electron chi connectivity index (χ1n) is 7.15. The summed E-state index contributed by atoms with van der Waals surface area (Å²) in [4.78, 5) is 17.8.